The highest BCUT2D eigenvalue weighted by Gasteiger charge is 2.39. The molecule has 1 aromatic heterocycles. The lowest BCUT2D eigenvalue weighted by atomic mass is 10.1. The summed E-state index contributed by atoms with van der Waals surface area (Å²) in [7, 11) is 0. The van der Waals surface area contributed by atoms with E-state index in [2.05, 4.69) is 32.9 Å². The molecule has 34 heavy (non-hydrogen) atoms. The van der Waals surface area contributed by atoms with Crippen LogP contribution in [0.3, 0.4) is 0 Å². The molecule has 2 aromatic rings. The van der Waals surface area contributed by atoms with Crippen molar-refractivity contribution in [2.45, 2.75) is 51.0 Å². The van der Waals surface area contributed by atoms with Gasteiger partial charge in [0.2, 0.25) is 0 Å². The van der Waals surface area contributed by atoms with Gasteiger partial charge in [0.1, 0.15) is 0 Å². The van der Waals surface area contributed by atoms with Crippen molar-refractivity contribution in [3.63, 3.8) is 0 Å². The second kappa shape index (κ2) is 12.1. The summed E-state index contributed by atoms with van der Waals surface area (Å²) in [6.07, 6.45) is 1.44. The van der Waals surface area contributed by atoms with Gasteiger partial charge in [0.25, 0.3) is 11.8 Å². The molecular formula is C23H30IN5O4S. The third-order valence-corrected chi connectivity index (χ3v) is 7.04. The number of benzene rings is 1. The van der Waals surface area contributed by atoms with Crippen molar-refractivity contribution < 1.29 is 19.8 Å². The van der Waals surface area contributed by atoms with Gasteiger partial charge in [0, 0.05) is 22.6 Å². The number of carbonyl (C=O) groups excluding carboxylic acids is 2. The Balaban J connectivity index is 1.59. The number of aryl methyl sites for hydroxylation is 1. The Bertz CT molecular complexity index is 1020. The predicted molar refractivity (Wildman–Crippen MR) is 140 cm³/mol. The van der Waals surface area contributed by atoms with Crippen molar-refractivity contribution in [2.75, 3.05) is 16.0 Å². The number of anilines is 1. The first-order valence-electron chi connectivity index (χ1n) is 11.0. The molecule has 0 spiro atoms. The molecule has 11 heteroatoms. The minimum atomic E-state index is -1.88. The second-order valence-electron chi connectivity index (χ2n) is 8.14. The van der Waals surface area contributed by atoms with Gasteiger partial charge in [-0.15, -0.1) is 11.3 Å². The summed E-state index contributed by atoms with van der Waals surface area (Å²) in [5.74, 6) is 4.47. The standard InChI is InChI=1S/C23H30IN5O4S/c1-14(16-6-8-17(9-7-16)29(25)12-4-10-24)26-22(32)20(30)21(31)23(33)28-11-3-5-19(28)18-13-34-15(2)27-18/h4,6-9,12-14,19-21,30-31H,3,5,10-11,25H2,1-2H3,(H,26,32)/b12-4-/t14-,19-,20-,21-/m1/s1. The van der Waals surface area contributed by atoms with Crippen LogP contribution in [0.1, 0.15) is 48.1 Å². The van der Waals surface area contributed by atoms with Gasteiger partial charge in [0.05, 0.1) is 28.5 Å². The lowest BCUT2D eigenvalue weighted by molar-refractivity contribution is -0.154. The summed E-state index contributed by atoms with van der Waals surface area (Å²) < 4.78 is 0.840. The van der Waals surface area contributed by atoms with Crippen LogP contribution in [0.15, 0.2) is 41.9 Å². The highest BCUT2D eigenvalue weighted by molar-refractivity contribution is 14.1. The molecule has 4 atom stereocenters. The zero-order chi connectivity index (χ0) is 24.8. The Morgan fingerprint density at radius 1 is 1.35 bits per heavy atom. The molecule has 0 bridgehead atoms. The minimum Gasteiger partial charge on any atom is -0.380 e. The number of thiazole rings is 1. The Labute approximate surface area is 216 Å². The van der Waals surface area contributed by atoms with Gasteiger partial charge in [-0.1, -0.05) is 40.8 Å². The number of amides is 2. The maximum atomic E-state index is 12.9. The minimum absolute atomic E-state index is 0.256. The fraction of sp³-hybridized carbons (Fsp3) is 0.435. The normalized spacial score (nSPS) is 18.6. The smallest absolute Gasteiger partial charge is 0.255 e. The van der Waals surface area contributed by atoms with Crippen LogP contribution in [-0.4, -0.2) is 55.1 Å². The quantitative estimate of drug-likeness (QED) is 0.151. The van der Waals surface area contributed by atoms with Gasteiger partial charge < -0.3 is 20.4 Å². The molecule has 1 fully saturated rings. The lowest BCUT2D eigenvalue weighted by Crippen LogP contribution is -2.51. The Kier molecular flexibility index (Phi) is 9.42. The van der Waals surface area contributed by atoms with Crippen LogP contribution in [0.5, 0.6) is 0 Å². The lowest BCUT2D eigenvalue weighted by Gasteiger charge is -2.28. The maximum Gasteiger partial charge on any atom is 0.255 e. The zero-order valence-corrected chi connectivity index (χ0v) is 22.1. The number of hydrogen-bond acceptors (Lipinski definition) is 8. The Morgan fingerprint density at radius 2 is 2.06 bits per heavy atom. The van der Waals surface area contributed by atoms with E-state index in [4.69, 9.17) is 5.84 Å². The Hall–Kier alpha value is -2.06. The van der Waals surface area contributed by atoms with E-state index in [1.807, 2.05) is 42.6 Å². The number of hydrogen-bond donors (Lipinski definition) is 4. The third-order valence-electron chi connectivity index (χ3n) is 5.74. The van der Waals surface area contributed by atoms with Crippen LogP contribution >= 0.6 is 33.9 Å². The molecular weight excluding hydrogens is 569 g/mol. The monoisotopic (exact) mass is 599 g/mol. The van der Waals surface area contributed by atoms with Gasteiger partial charge in [-0.05, 0) is 44.4 Å². The number of allylic oxidation sites excluding steroid dienone is 1. The number of nitrogens with two attached hydrogens (primary N) is 1. The maximum absolute atomic E-state index is 12.9. The van der Waals surface area contributed by atoms with Crippen LogP contribution in [0, 0.1) is 6.92 Å². The van der Waals surface area contributed by atoms with Crippen LogP contribution in [0.2, 0.25) is 0 Å². The van der Waals surface area contributed by atoms with E-state index in [-0.39, 0.29) is 6.04 Å². The summed E-state index contributed by atoms with van der Waals surface area (Å²) in [5, 5.41) is 27.9. The van der Waals surface area contributed by atoms with Gasteiger partial charge in [-0.3, -0.25) is 14.6 Å². The molecule has 1 aliphatic rings. The highest BCUT2D eigenvalue weighted by Crippen LogP contribution is 2.33. The summed E-state index contributed by atoms with van der Waals surface area (Å²) in [5.41, 5.74) is 2.34. The fourth-order valence-corrected chi connectivity index (χ4v) is 4.76. The first kappa shape index (κ1) is 26.5. The van der Waals surface area contributed by atoms with Crippen LogP contribution in [0.25, 0.3) is 0 Å². The molecule has 1 saturated heterocycles. The van der Waals surface area contributed by atoms with E-state index in [9.17, 15) is 19.8 Å². The number of nitrogens with one attached hydrogen (secondary N) is 1. The highest BCUT2D eigenvalue weighted by atomic mass is 127. The number of likely N-dealkylation sites (tertiary alicyclic amines) is 1. The van der Waals surface area contributed by atoms with Gasteiger partial charge in [-0.2, -0.15) is 0 Å². The summed E-state index contributed by atoms with van der Waals surface area (Å²) in [6, 6.07) is 6.56. The first-order chi connectivity index (χ1) is 16.2. The number of aromatic nitrogens is 1. The molecule has 1 aliphatic heterocycles. The van der Waals surface area contributed by atoms with E-state index >= 15 is 0 Å². The van der Waals surface area contributed by atoms with Crippen molar-refractivity contribution in [3.05, 3.63) is 58.2 Å². The van der Waals surface area contributed by atoms with Crippen molar-refractivity contribution in [1.29, 1.82) is 0 Å². The third kappa shape index (κ3) is 6.33. The van der Waals surface area contributed by atoms with E-state index < -0.39 is 30.1 Å². The molecule has 5 N–H and O–H groups in total. The number of halogens is 1. The molecule has 0 aliphatic carbocycles. The molecule has 0 unspecified atom stereocenters. The number of nitrogens with zero attached hydrogens (tertiary/aromatic N) is 3. The molecule has 0 radical (unpaired) electrons. The molecule has 3 rings (SSSR count). The zero-order valence-electron chi connectivity index (χ0n) is 19.1. The average molecular weight is 599 g/mol. The predicted octanol–water partition coefficient (Wildman–Crippen LogP) is 2.34. The van der Waals surface area contributed by atoms with Crippen molar-refractivity contribution in [2.24, 2.45) is 5.84 Å². The van der Waals surface area contributed by atoms with Gasteiger partial charge >= 0.3 is 0 Å². The number of aliphatic hydroxyl groups is 2. The van der Waals surface area contributed by atoms with Crippen molar-refractivity contribution in [3.8, 4) is 0 Å². The second-order valence-corrected chi connectivity index (χ2v) is 10.1. The number of alkyl halides is 1. The number of carbonyl (C=O) groups is 2. The van der Waals surface area contributed by atoms with E-state index in [0.29, 0.717) is 6.54 Å². The SMILES string of the molecule is Cc1nc([C@H]2CCCN2C(=O)[C@H](O)[C@@H](O)C(=O)N[C@H](C)c2ccc(N(N)/C=C\CI)cc2)cs1. The van der Waals surface area contributed by atoms with E-state index in [1.54, 1.807) is 13.1 Å². The molecule has 1 aromatic carbocycles. The molecule has 0 saturated carbocycles. The summed E-state index contributed by atoms with van der Waals surface area (Å²) >= 11 is 3.72. The van der Waals surface area contributed by atoms with Gasteiger partial charge in [-0.25, -0.2) is 10.8 Å². The van der Waals surface area contributed by atoms with Gasteiger partial charge in [0.15, 0.2) is 12.2 Å². The fourth-order valence-electron chi connectivity index (χ4n) is 3.88. The first-order valence-corrected chi connectivity index (χ1v) is 13.4. The Morgan fingerprint density at radius 3 is 2.68 bits per heavy atom. The molecule has 184 valence electrons. The van der Waals surface area contributed by atoms with E-state index in [0.717, 1.165) is 39.2 Å². The topological polar surface area (TPSA) is 132 Å². The van der Waals surface area contributed by atoms with Crippen molar-refractivity contribution in [1.82, 2.24) is 15.2 Å². The summed E-state index contributed by atoms with van der Waals surface area (Å²) in [6.45, 7) is 4.09. The van der Waals surface area contributed by atoms with Crippen LogP contribution in [-0.2, 0) is 9.59 Å². The number of hydrazine groups is 1. The van der Waals surface area contributed by atoms with Crippen LogP contribution in [0.4, 0.5) is 5.69 Å². The van der Waals surface area contributed by atoms with Crippen LogP contribution < -0.4 is 16.2 Å². The van der Waals surface area contributed by atoms with E-state index in [1.165, 1.54) is 21.2 Å². The van der Waals surface area contributed by atoms with Crippen molar-refractivity contribution >= 4 is 51.4 Å². The number of aliphatic hydroxyl groups excluding tert-OH is 2. The molecule has 2 heterocycles. The molecule has 9 nitrogen and oxygen atoms in total. The largest absolute Gasteiger partial charge is 0.380 e. The average Bonchev–Trinajstić information content (AvgIpc) is 3.50. The summed E-state index contributed by atoms with van der Waals surface area (Å²) in [4.78, 5) is 31.5. The number of rotatable bonds is 9. The molecule has 2 amide bonds.